The monoisotopic (exact) mass is 350 g/mol. The molecule has 0 amide bonds. The van der Waals surface area contributed by atoms with Gasteiger partial charge in [0.2, 0.25) is 5.70 Å². The van der Waals surface area contributed by atoms with Crippen LogP contribution in [0.1, 0.15) is 5.56 Å². The number of nitrogens with zero attached hydrogens (tertiary/aromatic N) is 3. The average molecular weight is 350 g/mol. The van der Waals surface area contributed by atoms with Crippen LogP contribution in [0.5, 0.6) is 0 Å². The second-order valence-corrected chi connectivity index (χ2v) is 7.26. The van der Waals surface area contributed by atoms with E-state index >= 15 is 0 Å². The molecule has 0 unspecified atom stereocenters. The number of para-hydroxylation sites is 2. The van der Waals surface area contributed by atoms with Crippen LogP contribution in [0.4, 0.5) is 11.4 Å². The van der Waals surface area contributed by atoms with Crippen molar-refractivity contribution in [2.24, 2.45) is 5.03 Å². The number of rotatable bonds is 1. The molecule has 3 aromatic carbocycles. The fourth-order valence-corrected chi connectivity index (χ4v) is 4.37. The summed E-state index contributed by atoms with van der Waals surface area (Å²) >= 11 is 0. The molecule has 4 heteroatoms. The molecule has 0 N–H and O–H groups in total. The topological polar surface area (TPSA) is 18.6 Å². The maximum absolute atomic E-state index is 4.65. The van der Waals surface area contributed by atoms with E-state index in [4.69, 9.17) is 0 Å². The zero-order valence-corrected chi connectivity index (χ0v) is 15.8. The van der Waals surface area contributed by atoms with E-state index < -0.39 is 0 Å². The fourth-order valence-electron chi connectivity index (χ4n) is 4.37. The Bertz CT molecular complexity index is 1130. The van der Waals surface area contributed by atoms with E-state index in [1.54, 1.807) is 0 Å². The van der Waals surface area contributed by atoms with Crippen molar-refractivity contribution in [3.05, 3.63) is 78.3 Å². The molecule has 0 spiro atoms. The molecule has 0 bridgehead atoms. The first kappa shape index (κ1) is 16.1. The van der Waals surface area contributed by atoms with Crippen LogP contribution in [-0.4, -0.2) is 25.6 Å². The Morgan fingerprint density at radius 1 is 0.778 bits per heavy atom. The van der Waals surface area contributed by atoms with Crippen LogP contribution in [-0.2, 0) is 0 Å². The Hall–Kier alpha value is -3.14. The smallest absolute Gasteiger partial charge is 0.343 e. The first-order chi connectivity index (χ1) is 13.1. The van der Waals surface area contributed by atoms with Gasteiger partial charge in [-0.15, -0.1) is 9.72 Å². The van der Waals surface area contributed by atoms with E-state index in [9.17, 15) is 0 Å². The van der Waals surface area contributed by atoms with Crippen LogP contribution in [0.2, 0.25) is 6.82 Å². The predicted octanol–water partition coefficient (Wildman–Crippen LogP) is 5.71. The van der Waals surface area contributed by atoms with Gasteiger partial charge in [0.15, 0.2) is 7.05 Å². The lowest BCUT2D eigenvalue weighted by Crippen LogP contribution is -2.13. The van der Waals surface area contributed by atoms with E-state index in [1.165, 1.54) is 44.9 Å². The standard InChI is InChI=1S/C23H21BN3/c1-24-15-22(27(3)25-24)20-13-8-12-19-17-10-5-4-9-16(17)18-11-6-7-14-21(18)26(2)23(19)20/h4-15H,1-3H3/q+1. The first-order valence-electron chi connectivity index (χ1n) is 9.37. The quantitative estimate of drug-likeness (QED) is 0.406. The van der Waals surface area contributed by atoms with Crippen molar-refractivity contribution in [3.8, 4) is 22.3 Å². The van der Waals surface area contributed by atoms with Crippen molar-refractivity contribution >= 4 is 23.9 Å². The lowest BCUT2D eigenvalue weighted by Gasteiger charge is -2.24. The van der Waals surface area contributed by atoms with E-state index in [1.807, 2.05) is 11.7 Å². The molecule has 5 rings (SSSR count). The third-order valence-corrected chi connectivity index (χ3v) is 5.52. The zero-order valence-electron chi connectivity index (χ0n) is 15.8. The van der Waals surface area contributed by atoms with E-state index in [0.717, 1.165) is 0 Å². The van der Waals surface area contributed by atoms with E-state index in [2.05, 4.69) is 96.5 Å². The Balaban J connectivity index is 1.87. The van der Waals surface area contributed by atoms with Gasteiger partial charge in [0.1, 0.15) is 0 Å². The van der Waals surface area contributed by atoms with Gasteiger partial charge in [-0.25, -0.2) is 0 Å². The van der Waals surface area contributed by atoms with Gasteiger partial charge < -0.3 is 4.90 Å². The summed E-state index contributed by atoms with van der Waals surface area (Å²) in [4.78, 5) is 2.33. The molecule has 130 valence electrons. The second kappa shape index (κ2) is 5.95. The van der Waals surface area contributed by atoms with Crippen molar-refractivity contribution in [1.29, 1.82) is 0 Å². The van der Waals surface area contributed by atoms with Gasteiger partial charge in [0.05, 0.1) is 11.3 Å². The van der Waals surface area contributed by atoms with Gasteiger partial charge in [-0.05, 0) is 29.2 Å². The molecule has 27 heavy (non-hydrogen) atoms. The number of hydrogen-bond donors (Lipinski definition) is 0. The summed E-state index contributed by atoms with van der Waals surface area (Å²) in [5, 5.41) is 4.65. The Morgan fingerprint density at radius 2 is 1.37 bits per heavy atom. The lowest BCUT2D eigenvalue weighted by molar-refractivity contribution is -0.460. The number of hydrogen-bond acceptors (Lipinski definition) is 2. The van der Waals surface area contributed by atoms with Crippen molar-refractivity contribution in [2.45, 2.75) is 6.82 Å². The summed E-state index contributed by atoms with van der Waals surface area (Å²) in [5.74, 6) is 2.24. The summed E-state index contributed by atoms with van der Waals surface area (Å²) in [6.45, 7) is 2.33. The fraction of sp³-hybridized carbons (Fsp3) is 0.130. The van der Waals surface area contributed by atoms with Gasteiger partial charge in [-0.3, -0.25) is 0 Å². The maximum atomic E-state index is 4.65. The average Bonchev–Trinajstić information content (AvgIpc) is 2.99. The van der Waals surface area contributed by atoms with Crippen LogP contribution in [0, 0.1) is 0 Å². The Labute approximate surface area is 160 Å². The largest absolute Gasteiger partial charge is 0.395 e. The molecule has 2 aliphatic rings. The molecule has 0 aliphatic carbocycles. The summed E-state index contributed by atoms with van der Waals surface area (Å²) in [5.41, 5.74) is 9.93. The summed E-state index contributed by atoms with van der Waals surface area (Å²) in [6.07, 6.45) is 0. The summed E-state index contributed by atoms with van der Waals surface area (Å²) in [7, 11) is 4.20. The van der Waals surface area contributed by atoms with Gasteiger partial charge in [-0.1, -0.05) is 61.4 Å². The highest BCUT2D eigenvalue weighted by Gasteiger charge is 2.32. The third-order valence-electron chi connectivity index (χ3n) is 5.52. The van der Waals surface area contributed by atoms with Gasteiger partial charge in [-0.2, -0.15) is 0 Å². The van der Waals surface area contributed by atoms with Crippen LogP contribution in [0.15, 0.2) is 77.7 Å². The number of benzene rings is 3. The minimum absolute atomic E-state index is 0.205. The van der Waals surface area contributed by atoms with Crippen molar-refractivity contribution in [3.63, 3.8) is 0 Å². The molecule has 0 radical (unpaired) electrons. The lowest BCUT2D eigenvalue weighted by atomic mass is 9.67. The minimum atomic E-state index is 0.205. The molecule has 0 aromatic heterocycles. The highest BCUT2D eigenvalue weighted by molar-refractivity contribution is 6.62. The van der Waals surface area contributed by atoms with Crippen LogP contribution in [0.25, 0.3) is 28.0 Å². The number of anilines is 2. The van der Waals surface area contributed by atoms with Gasteiger partial charge >= 0.3 is 6.85 Å². The third kappa shape index (κ3) is 2.37. The highest BCUT2D eigenvalue weighted by Crippen LogP contribution is 2.49. The molecule has 0 fully saturated rings. The van der Waals surface area contributed by atoms with Crippen LogP contribution >= 0.6 is 0 Å². The molecule has 0 atom stereocenters. The van der Waals surface area contributed by atoms with Crippen LogP contribution in [0.3, 0.4) is 0 Å². The van der Waals surface area contributed by atoms with Crippen molar-refractivity contribution in [1.82, 2.24) is 0 Å². The van der Waals surface area contributed by atoms with Crippen molar-refractivity contribution in [2.75, 3.05) is 19.0 Å². The summed E-state index contributed by atoms with van der Waals surface area (Å²) < 4.78 is 2.01. The van der Waals surface area contributed by atoms with Crippen LogP contribution < -0.4 is 4.90 Å². The molecule has 3 nitrogen and oxygen atoms in total. The second-order valence-electron chi connectivity index (χ2n) is 7.26. The predicted molar refractivity (Wildman–Crippen MR) is 114 cm³/mol. The van der Waals surface area contributed by atoms with Gasteiger partial charge in [0, 0.05) is 23.9 Å². The molecule has 0 saturated carbocycles. The van der Waals surface area contributed by atoms with Gasteiger partial charge in [0.25, 0.3) is 0 Å². The Morgan fingerprint density at radius 3 is 2.07 bits per heavy atom. The van der Waals surface area contributed by atoms with Crippen molar-refractivity contribution < 1.29 is 4.70 Å². The molecule has 2 heterocycles. The molecule has 0 saturated heterocycles. The zero-order chi connectivity index (χ0) is 18.5. The first-order valence-corrected chi connectivity index (χ1v) is 9.37. The van der Waals surface area contributed by atoms with E-state index in [0.29, 0.717) is 0 Å². The molecular weight excluding hydrogens is 329 g/mol. The summed E-state index contributed by atoms with van der Waals surface area (Å²) in [6, 6.07) is 24.0. The normalized spacial score (nSPS) is 14.8. The molecular formula is C23H21BN3+. The minimum Gasteiger partial charge on any atom is -0.343 e. The Kier molecular flexibility index (Phi) is 3.54. The van der Waals surface area contributed by atoms with E-state index in [-0.39, 0.29) is 6.85 Å². The number of fused-ring (bicyclic) bond motifs is 5. The maximum Gasteiger partial charge on any atom is 0.395 e. The molecule has 2 aliphatic heterocycles. The SMILES string of the molecule is CB1C=C(c2cccc3c2N(C)c2ccccc2-c2ccccc2-3)[N+](C)=N1. The highest BCUT2D eigenvalue weighted by atomic mass is 15.2. The molecule has 3 aromatic rings.